The molecule has 0 spiro atoms. The molecule has 2 N–H and O–H groups in total. The van der Waals surface area contributed by atoms with Gasteiger partial charge < -0.3 is 4.52 Å². The zero-order valence-corrected chi connectivity index (χ0v) is 14.4. The van der Waals surface area contributed by atoms with Crippen LogP contribution in [0.2, 0.25) is 10.0 Å². The molecular formula is C15H12Cl2N4O4. The van der Waals surface area contributed by atoms with Gasteiger partial charge in [-0.05, 0) is 25.1 Å². The Labute approximate surface area is 152 Å². The molecule has 2 heterocycles. The molecule has 1 aromatic carbocycles. The van der Waals surface area contributed by atoms with E-state index >= 15 is 0 Å². The summed E-state index contributed by atoms with van der Waals surface area (Å²) >= 11 is 11.9. The van der Waals surface area contributed by atoms with Gasteiger partial charge in [0, 0.05) is 11.1 Å². The Morgan fingerprint density at radius 1 is 1.32 bits per heavy atom. The zero-order chi connectivity index (χ0) is 18.1. The second-order valence-corrected chi connectivity index (χ2v) is 6.18. The number of anilines is 1. The third kappa shape index (κ3) is 3.51. The van der Waals surface area contributed by atoms with Crippen LogP contribution in [0.5, 0.6) is 0 Å². The summed E-state index contributed by atoms with van der Waals surface area (Å²) in [5.41, 5.74) is 5.17. The average Bonchev–Trinajstić information content (AvgIpc) is 3.10. The number of aryl methyl sites for hydroxylation is 1. The van der Waals surface area contributed by atoms with E-state index in [-0.39, 0.29) is 22.8 Å². The van der Waals surface area contributed by atoms with Crippen LogP contribution >= 0.6 is 23.2 Å². The summed E-state index contributed by atoms with van der Waals surface area (Å²) in [5.74, 6) is -1.09. The number of halogens is 2. The van der Waals surface area contributed by atoms with Crippen LogP contribution < -0.4 is 15.8 Å². The van der Waals surface area contributed by atoms with E-state index in [0.717, 1.165) is 4.90 Å². The van der Waals surface area contributed by atoms with E-state index in [0.29, 0.717) is 10.8 Å². The second-order valence-electron chi connectivity index (χ2n) is 5.34. The standard InChI is InChI=1S/C15H12Cl2N4O4/c1-7-4-10(20-25-7)14(23)19-18-11-6-13(22)21(15(11)24)12-3-2-8(16)5-9(12)17/h2-5,11,18H,6H2,1H3,(H,19,23). The van der Waals surface area contributed by atoms with Gasteiger partial charge in [-0.15, -0.1) is 0 Å². The molecule has 0 radical (unpaired) electrons. The Morgan fingerprint density at radius 3 is 2.72 bits per heavy atom. The van der Waals surface area contributed by atoms with Crippen LogP contribution in [0, 0.1) is 6.92 Å². The first-order valence-electron chi connectivity index (χ1n) is 7.18. The van der Waals surface area contributed by atoms with Crippen molar-refractivity contribution in [2.75, 3.05) is 4.90 Å². The number of benzene rings is 1. The summed E-state index contributed by atoms with van der Waals surface area (Å²) < 4.78 is 4.80. The number of hydrogen-bond donors (Lipinski definition) is 2. The number of carbonyl (C=O) groups excluding carboxylic acids is 3. The van der Waals surface area contributed by atoms with E-state index < -0.39 is 23.8 Å². The molecule has 1 aliphatic rings. The minimum Gasteiger partial charge on any atom is -0.361 e. The first-order valence-corrected chi connectivity index (χ1v) is 7.93. The monoisotopic (exact) mass is 382 g/mol. The van der Waals surface area contributed by atoms with Crippen molar-refractivity contribution in [2.24, 2.45) is 0 Å². The van der Waals surface area contributed by atoms with E-state index in [1.165, 1.54) is 24.3 Å². The highest BCUT2D eigenvalue weighted by molar-refractivity contribution is 6.38. The van der Waals surface area contributed by atoms with Crippen LogP contribution in [0.3, 0.4) is 0 Å². The Hall–Kier alpha value is -2.42. The van der Waals surface area contributed by atoms with Crippen LogP contribution in [-0.4, -0.2) is 28.9 Å². The van der Waals surface area contributed by atoms with Crippen molar-refractivity contribution in [3.8, 4) is 0 Å². The number of hydrogen-bond acceptors (Lipinski definition) is 6. The normalized spacial score (nSPS) is 17.2. The molecule has 1 atom stereocenters. The van der Waals surface area contributed by atoms with Gasteiger partial charge in [-0.1, -0.05) is 28.4 Å². The molecule has 10 heteroatoms. The van der Waals surface area contributed by atoms with Gasteiger partial charge in [-0.25, -0.2) is 10.3 Å². The van der Waals surface area contributed by atoms with E-state index in [1.54, 1.807) is 6.92 Å². The van der Waals surface area contributed by atoms with Crippen LogP contribution in [0.15, 0.2) is 28.8 Å². The van der Waals surface area contributed by atoms with E-state index in [4.69, 9.17) is 27.7 Å². The fraction of sp³-hybridized carbons (Fsp3) is 0.200. The van der Waals surface area contributed by atoms with Crippen molar-refractivity contribution >= 4 is 46.6 Å². The Balaban J connectivity index is 1.70. The SMILES string of the molecule is Cc1cc(C(=O)NNC2CC(=O)N(c3ccc(Cl)cc3Cl)C2=O)no1. The minimum absolute atomic E-state index is 0.0550. The lowest BCUT2D eigenvalue weighted by atomic mass is 10.2. The fourth-order valence-corrected chi connectivity index (χ4v) is 2.84. The number of amides is 3. The quantitative estimate of drug-likeness (QED) is 0.617. The van der Waals surface area contributed by atoms with Gasteiger partial charge in [0.15, 0.2) is 5.69 Å². The maximum Gasteiger partial charge on any atom is 0.287 e. The van der Waals surface area contributed by atoms with Gasteiger partial charge in [0.2, 0.25) is 5.91 Å². The first kappa shape index (κ1) is 17.4. The number of nitrogens with one attached hydrogen (secondary N) is 2. The Kier molecular flexibility index (Phi) is 4.76. The topological polar surface area (TPSA) is 105 Å². The molecule has 130 valence electrons. The highest BCUT2D eigenvalue weighted by Crippen LogP contribution is 2.32. The van der Waals surface area contributed by atoms with Crippen molar-refractivity contribution < 1.29 is 18.9 Å². The van der Waals surface area contributed by atoms with Gasteiger partial charge in [-0.2, -0.15) is 0 Å². The molecule has 25 heavy (non-hydrogen) atoms. The molecule has 1 unspecified atom stereocenters. The summed E-state index contributed by atoms with van der Waals surface area (Å²) in [5, 5.41) is 4.12. The van der Waals surface area contributed by atoms with Gasteiger partial charge in [0.05, 0.1) is 17.1 Å². The number of rotatable bonds is 4. The predicted molar refractivity (Wildman–Crippen MR) is 89.2 cm³/mol. The van der Waals surface area contributed by atoms with E-state index in [2.05, 4.69) is 16.0 Å². The summed E-state index contributed by atoms with van der Waals surface area (Å²) in [6.45, 7) is 1.64. The molecule has 1 aliphatic heterocycles. The molecule has 1 saturated heterocycles. The van der Waals surface area contributed by atoms with Gasteiger partial charge in [0.25, 0.3) is 11.8 Å². The molecule has 0 saturated carbocycles. The summed E-state index contributed by atoms with van der Waals surface area (Å²) in [4.78, 5) is 37.5. The second kappa shape index (κ2) is 6.83. The summed E-state index contributed by atoms with van der Waals surface area (Å²) in [6.07, 6.45) is -0.129. The van der Waals surface area contributed by atoms with E-state index in [9.17, 15) is 14.4 Å². The maximum atomic E-state index is 12.5. The van der Waals surface area contributed by atoms with Crippen LogP contribution in [0.4, 0.5) is 5.69 Å². The van der Waals surface area contributed by atoms with Crippen molar-refractivity contribution in [2.45, 2.75) is 19.4 Å². The summed E-state index contributed by atoms with van der Waals surface area (Å²) in [6, 6.07) is 4.97. The molecule has 0 bridgehead atoms. The number of nitrogens with zero attached hydrogens (tertiary/aromatic N) is 2. The van der Waals surface area contributed by atoms with Gasteiger partial charge >= 0.3 is 0 Å². The lowest BCUT2D eigenvalue weighted by Gasteiger charge is -2.17. The fourth-order valence-electron chi connectivity index (χ4n) is 2.35. The molecule has 0 aliphatic carbocycles. The zero-order valence-electron chi connectivity index (χ0n) is 12.9. The first-order chi connectivity index (χ1) is 11.9. The molecule has 1 aromatic heterocycles. The van der Waals surface area contributed by atoms with Crippen molar-refractivity contribution in [3.63, 3.8) is 0 Å². The molecule has 8 nitrogen and oxygen atoms in total. The van der Waals surface area contributed by atoms with Crippen LogP contribution in [-0.2, 0) is 9.59 Å². The smallest absolute Gasteiger partial charge is 0.287 e. The molecule has 2 aromatic rings. The number of imide groups is 1. The van der Waals surface area contributed by atoms with Crippen molar-refractivity contribution in [1.29, 1.82) is 0 Å². The van der Waals surface area contributed by atoms with Crippen molar-refractivity contribution in [3.05, 3.63) is 45.8 Å². The van der Waals surface area contributed by atoms with Gasteiger partial charge in [0.1, 0.15) is 11.8 Å². The largest absolute Gasteiger partial charge is 0.361 e. The number of carbonyl (C=O) groups is 3. The minimum atomic E-state index is -0.920. The highest BCUT2D eigenvalue weighted by atomic mass is 35.5. The average molecular weight is 383 g/mol. The number of hydrazine groups is 1. The van der Waals surface area contributed by atoms with Crippen molar-refractivity contribution in [1.82, 2.24) is 16.0 Å². The highest BCUT2D eigenvalue weighted by Gasteiger charge is 2.40. The summed E-state index contributed by atoms with van der Waals surface area (Å²) in [7, 11) is 0. The van der Waals surface area contributed by atoms with Crippen LogP contribution in [0.1, 0.15) is 22.7 Å². The maximum absolute atomic E-state index is 12.5. The Morgan fingerprint density at radius 2 is 2.08 bits per heavy atom. The lowest BCUT2D eigenvalue weighted by molar-refractivity contribution is -0.121. The number of aromatic nitrogens is 1. The molecule has 3 amide bonds. The molecular weight excluding hydrogens is 371 g/mol. The van der Waals surface area contributed by atoms with Crippen LogP contribution in [0.25, 0.3) is 0 Å². The van der Waals surface area contributed by atoms with Gasteiger partial charge in [-0.3, -0.25) is 19.8 Å². The predicted octanol–water partition coefficient (Wildman–Crippen LogP) is 1.86. The molecule has 3 rings (SSSR count). The third-order valence-corrected chi connectivity index (χ3v) is 4.06. The van der Waals surface area contributed by atoms with E-state index in [1.807, 2.05) is 0 Å². The lowest BCUT2D eigenvalue weighted by Crippen LogP contribution is -2.48. The third-order valence-electron chi connectivity index (χ3n) is 3.52. The molecule has 1 fully saturated rings. The Bertz CT molecular complexity index is 867.